The quantitative estimate of drug-likeness (QED) is 0.903. The third kappa shape index (κ3) is 4.15. The lowest BCUT2D eigenvalue weighted by atomic mass is 9.95. The minimum Gasteiger partial charge on any atom is -0.345 e. The fourth-order valence-corrected chi connectivity index (χ4v) is 2.41. The van der Waals surface area contributed by atoms with Gasteiger partial charge in [-0.1, -0.05) is 32.0 Å². The molecule has 110 valence electrons. The van der Waals surface area contributed by atoms with E-state index in [2.05, 4.69) is 31.1 Å². The van der Waals surface area contributed by atoms with Crippen LogP contribution in [0.1, 0.15) is 47.8 Å². The molecule has 2 aromatic rings. The number of amides is 1. The Kier molecular flexibility index (Phi) is 5.09. The highest BCUT2D eigenvalue weighted by molar-refractivity contribution is 5.94. The topological polar surface area (TPSA) is 42.0 Å². The first-order valence-electron chi connectivity index (χ1n) is 7.34. The molecule has 1 unspecified atom stereocenters. The second kappa shape index (κ2) is 7.02. The third-order valence-corrected chi connectivity index (χ3v) is 3.50. The normalized spacial score (nSPS) is 12.2. The number of nitrogens with one attached hydrogen (secondary N) is 1. The van der Waals surface area contributed by atoms with Crippen molar-refractivity contribution in [1.29, 1.82) is 0 Å². The molecule has 0 radical (unpaired) electrons. The molecule has 0 aliphatic rings. The molecular weight excluding hydrogens is 260 g/mol. The van der Waals surface area contributed by atoms with Crippen molar-refractivity contribution in [3.8, 4) is 0 Å². The number of hydrogen-bond donors (Lipinski definition) is 1. The predicted octanol–water partition coefficient (Wildman–Crippen LogP) is 3.91. The van der Waals surface area contributed by atoms with E-state index in [9.17, 15) is 4.79 Å². The van der Waals surface area contributed by atoms with Crippen LogP contribution in [-0.4, -0.2) is 10.9 Å². The Labute approximate surface area is 126 Å². The molecule has 0 aliphatic heterocycles. The molecular formula is C18H22N2O. The average Bonchev–Trinajstić information content (AvgIpc) is 2.47. The molecule has 1 atom stereocenters. The summed E-state index contributed by atoms with van der Waals surface area (Å²) in [4.78, 5) is 16.6. The van der Waals surface area contributed by atoms with Crippen LogP contribution in [0.15, 0.2) is 48.8 Å². The van der Waals surface area contributed by atoms with Gasteiger partial charge in [-0.2, -0.15) is 0 Å². The summed E-state index contributed by atoms with van der Waals surface area (Å²) in [7, 11) is 0. The van der Waals surface area contributed by atoms with Crippen LogP contribution >= 0.6 is 0 Å². The monoisotopic (exact) mass is 282 g/mol. The molecule has 0 spiro atoms. The molecule has 1 aromatic heterocycles. The van der Waals surface area contributed by atoms with E-state index in [0.29, 0.717) is 11.5 Å². The number of pyridine rings is 1. The van der Waals surface area contributed by atoms with Gasteiger partial charge in [0.25, 0.3) is 5.91 Å². The van der Waals surface area contributed by atoms with Crippen LogP contribution < -0.4 is 5.32 Å². The van der Waals surface area contributed by atoms with Gasteiger partial charge in [0.15, 0.2) is 0 Å². The maximum absolute atomic E-state index is 12.4. The molecule has 1 N–H and O–H groups in total. The van der Waals surface area contributed by atoms with Gasteiger partial charge in [-0.15, -0.1) is 0 Å². The summed E-state index contributed by atoms with van der Waals surface area (Å²) in [6.07, 6.45) is 4.53. The molecule has 0 saturated carbocycles. The summed E-state index contributed by atoms with van der Waals surface area (Å²) < 4.78 is 0. The minimum absolute atomic E-state index is 0.00796. The maximum atomic E-state index is 12.4. The van der Waals surface area contributed by atoms with Crippen molar-refractivity contribution in [3.05, 3.63) is 65.5 Å². The number of carbonyl (C=O) groups excluding carboxylic acids is 1. The third-order valence-electron chi connectivity index (χ3n) is 3.50. The Morgan fingerprint density at radius 2 is 1.90 bits per heavy atom. The van der Waals surface area contributed by atoms with Gasteiger partial charge in [-0.05, 0) is 48.6 Å². The molecule has 21 heavy (non-hydrogen) atoms. The number of benzene rings is 1. The molecule has 3 heteroatoms. The first-order chi connectivity index (χ1) is 10.1. The van der Waals surface area contributed by atoms with E-state index in [1.54, 1.807) is 6.20 Å². The Balaban J connectivity index is 2.21. The first kappa shape index (κ1) is 15.2. The summed E-state index contributed by atoms with van der Waals surface area (Å²) in [6, 6.07) is 11.3. The average molecular weight is 282 g/mol. The SMILES string of the molecule is Cc1ccncc1C(CC(C)C)NC(=O)c1ccccc1. The van der Waals surface area contributed by atoms with Gasteiger partial charge in [0.1, 0.15) is 0 Å². The number of aryl methyl sites for hydroxylation is 1. The fourth-order valence-electron chi connectivity index (χ4n) is 2.41. The Morgan fingerprint density at radius 3 is 2.52 bits per heavy atom. The van der Waals surface area contributed by atoms with E-state index < -0.39 is 0 Å². The Bertz CT molecular complexity index is 593. The van der Waals surface area contributed by atoms with E-state index in [1.165, 1.54) is 0 Å². The van der Waals surface area contributed by atoms with Gasteiger partial charge in [-0.3, -0.25) is 9.78 Å². The molecule has 0 bridgehead atoms. The molecule has 1 aromatic carbocycles. The van der Waals surface area contributed by atoms with Gasteiger partial charge < -0.3 is 5.32 Å². The van der Waals surface area contributed by atoms with E-state index in [4.69, 9.17) is 0 Å². The van der Waals surface area contributed by atoms with Crippen LogP contribution in [0.4, 0.5) is 0 Å². The van der Waals surface area contributed by atoms with Gasteiger partial charge in [0.2, 0.25) is 0 Å². The summed E-state index contributed by atoms with van der Waals surface area (Å²) >= 11 is 0. The molecule has 0 fully saturated rings. The van der Waals surface area contributed by atoms with Crippen molar-refractivity contribution in [2.24, 2.45) is 5.92 Å². The number of nitrogens with zero attached hydrogens (tertiary/aromatic N) is 1. The predicted molar refractivity (Wildman–Crippen MR) is 85.1 cm³/mol. The lowest BCUT2D eigenvalue weighted by molar-refractivity contribution is 0.0932. The second-order valence-corrected chi connectivity index (χ2v) is 5.75. The number of carbonyl (C=O) groups is 1. The first-order valence-corrected chi connectivity index (χ1v) is 7.34. The maximum Gasteiger partial charge on any atom is 0.251 e. The number of rotatable bonds is 5. The van der Waals surface area contributed by atoms with Crippen molar-refractivity contribution in [2.75, 3.05) is 0 Å². The van der Waals surface area contributed by atoms with Crippen LogP contribution in [0.3, 0.4) is 0 Å². The highest BCUT2D eigenvalue weighted by Gasteiger charge is 2.18. The van der Waals surface area contributed by atoms with Crippen molar-refractivity contribution >= 4 is 5.91 Å². The van der Waals surface area contributed by atoms with Crippen LogP contribution in [0, 0.1) is 12.8 Å². The Hall–Kier alpha value is -2.16. The van der Waals surface area contributed by atoms with Crippen molar-refractivity contribution in [1.82, 2.24) is 10.3 Å². The molecule has 2 rings (SSSR count). The fraction of sp³-hybridized carbons (Fsp3) is 0.333. The lowest BCUT2D eigenvalue weighted by Crippen LogP contribution is -2.30. The van der Waals surface area contributed by atoms with Crippen LogP contribution in [-0.2, 0) is 0 Å². The second-order valence-electron chi connectivity index (χ2n) is 5.75. The van der Waals surface area contributed by atoms with Crippen molar-refractivity contribution in [3.63, 3.8) is 0 Å². The summed E-state index contributed by atoms with van der Waals surface area (Å²) in [5, 5.41) is 3.14. The van der Waals surface area contributed by atoms with Crippen LogP contribution in [0.25, 0.3) is 0 Å². The molecule has 1 amide bonds. The highest BCUT2D eigenvalue weighted by atomic mass is 16.1. The van der Waals surface area contributed by atoms with E-state index in [0.717, 1.165) is 17.5 Å². The van der Waals surface area contributed by atoms with Crippen LogP contribution in [0.5, 0.6) is 0 Å². The van der Waals surface area contributed by atoms with E-state index in [1.807, 2.05) is 42.6 Å². The molecule has 1 heterocycles. The number of hydrogen-bond acceptors (Lipinski definition) is 2. The minimum atomic E-state index is -0.0375. The van der Waals surface area contributed by atoms with Crippen molar-refractivity contribution in [2.45, 2.75) is 33.2 Å². The zero-order valence-electron chi connectivity index (χ0n) is 12.8. The Morgan fingerprint density at radius 1 is 1.19 bits per heavy atom. The standard InChI is InChI=1S/C18H22N2O/c1-13(2)11-17(16-12-19-10-9-14(16)3)20-18(21)15-7-5-4-6-8-15/h4-10,12-13,17H,11H2,1-3H3,(H,20,21). The zero-order valence-corrected chi connectivity index (χ0v) is 12.8. The highest BCUT2D eigenvalue weighted by Crippen LogP contribution is 2.23. The molecule has 0 aliphatic carbocycles. The summed E-state index contributed by atoms with van der Waals surface area (Å²) in [6.45, 7) is 6.37. The molecule has 0 saturated heterocycles. The van der Waals surface area contributed by atoms with Crippen molar-refractivity contribution < 1.29 is 4.79 Å². The van der Waals surface area contributed by atoms with Gasteiger partial charge in [0, 0.05) is 18.0 Å². The lowest BCUT2D eigenvalue weighted by Gasteiger charge is -2.22. The summed E-state index contributed by atoms with van der Waals surface area (Å²) in [5.41, 5.74) is 2.94. The summed E-state index contributed by atoms with van der Waals surface area (Å²) in [5.74, 6) is 0.454. The number of aromatic nitrogens is 1. The van der Waals surface area contributed by atoms with E-state index in [-0.39, 0.29) is 11.9 Å². The zero-order chi connectivity index (χ0) is 15.2. The van der Waals surface area contributed by atoms with Gasteiger partial charge in [0.05, 0.1) is 6.04 Å². The largest absolute Gasteiger partial charge is 0.345 e. The van der Waals surface area contributed by atoms with Gasteiger partial charge >= 0.3 is 0 Å². The van der Waals surface area contributed by atoms with Gasteiger partial charge in [-0.25, -0.2) is 0 Å². The smallest absolute Gasteiger partial charge is 0.251 e. The van der Waals surface area contributed by atoms with E-state index >= 15 is 0 Å². The molecule has 3 nitrogen and oxygen atoms in total. The van der Waals surface area contributed by atoms with Crippen LogP contribution in [0.2, 0.25) is 0 Å².